The number of ether oxygens (including phenoxy) is 1. The highest BCUT2D eigenvalue weighted by Gasteiger charge is 2.17. The number of nitrogens with two attached hydrogens (primary N) is 1. The van der Waals surface area contributed by atoms with Crippen molar-refractivity contribution in [1.29, 1.82) is 0 Å². The van der Waals surface area contributed by atoms with Gasteiger partial charge in [-0.3, -0.25) is 0 Å². The van der Waals surface area contributed by atoms with Gasteiger partial charge in [0.15, 0.2) is 5.96 Å². The molecule has 1 heterocycles. The number of piperidine rings is 1. The van der Waals surface area contributed by atoms with Gasteiger partial charge in [-0.05, 0) is 44.7 Å². The quantitative estimate of drug-likeness (QED) is 0.464. The SMILES string of the molecule is Cc1ccc(OC(C)CN=C(N)N2CCC(C)CC2)cc1.I. The first kappa shape index (κ1) is 19.1. The number of hydrogen-bond acceptors (Lipinski definition) is 2. The highest BCUT2D eigenvalue weighted by Crippen LogP contribution is 2.16. The minimum Gasteiger partial charge on any atom is -0.489 e. The number of hydrogen-bond donors (Lipinski definition) is 1. The average molecular weight is 417 g/mol. The molecule has 5 heteroatoms. The summed E-state index contributed by atoms with van der Waals surface area (Å²) in [5.74, 6) is 2.34. The standard InChI is InChI=1S/C17H27N3O.HI/c1-13-4-6-16(7-5-13)21-15(3)12-19-17(18)20-10-8-14(2)9-11-20;/h4-7,14-15H,8-12H2,1-3H3,(H2,18,19);1H. The second-order valence-corrected chi connectivity index (χ2v) is 6.11. The molecule has 0 amide bonds. The van der Waals surface area contributed by atoms with Gasteiger partial charge in [0.05, 0.1) is 6.54 Å². The first-order chi connectivity index (χ1) is 10.0. The lowest BCUT2D eigenvalue weighted by atomic mass is 10.00. The number of likely N-dealkylation sites (tertiary alicyclic amines) is 1. The monoisotopic (exact) mass is 417 g/mol. The highest BCUT2D eigenvalue weighted by molar-refractivity contribution is 14.0. The Morgan fingerprint density at radius 1 is 1.32 bits per heavy atom. The van der Waals surface area contributed by atoms with Crippen LogP contribution in [0.15, 0.2) is 29.3 Å². The number of aliphatic imine (C=N–C) groups is 1. The zero-order valence-corrected chi connectivity index (χ0v) is 16.1. The van der Waals surface area contributed by atoms with Crippen LogP contribution in [0.25, 0.3) is 0 Å². The van der Waals surface area contributed by atoms with Gasteiger partial charge in [-0.2, -0.15) is 0 Å². The summed E-state index contributed by atoms with van der Waals surface area (Å²) >= 11 is 0. The summed E-state index contributed by atoms with van der Waals surface area (Å²) < 4.78 is 5.84. The molecule has 1 aliphatic heterocycles. The second kappa shape index (κ2) is 9.22. The first-order valence-electron chi connectivity index (χ1n) is 7.83. The molecule has 1 unspecified atom stereocenters. The van der Waals surface area contributed by atoms with Crippen LogP contribution in [0.2, 0.25) is 0 Å². The van der Waals surface area contributed by atoms with Crippen LogP contribution in [0.1, 0.15) is 32.3 Å². The van der Waals surface area contributed by atoms with Crippen LogP contribution in [0, 0.1) is 12.8 Å². The second-order valence-electron chi connectivity index (χ2n) is 6.11. The third-order valence-electron chi connectivity index (χ3n) is 3.98. The van der Waals surface area contributed by atoms with E-state index in [2.05, 4.69) is 35.9 Å². The average Bonchev–Trinajstić information content (AvgIpc) is 2.48. The number of rotatable bonds is 4. The predicted molar refractivity (Wildman–Crippen MR) is 103 cm³/mol. The molecule has 4 nitrogen and oxygen atoms in total. The summed E-state index contributed by atoms with van der Waals surface area (Å²) in [6.07, 6.45) is 2.42. The summed E-state index contributed by atoms with van der Waals surface area (Å²) in [5, 5.41) is 0. The molecule has 0 aromatic heterocycles. The van der Waals surface area contributed by atoms with E-state index >= 15 is 0 Å². The minimum atomic E-state index is 0. The molecule has 124 valence electrons. The summed E-state index contributed by atoms with van der Waals surface area (Å²) in [7, 11) is 0. The van der Waals surface area contributed by atoms with E-state index in [4.69, 9.17) is 10.5 Å². The van der Waals surface area contributed by atoms with Crippen LogP contribution in [-0.4, -0.2) is 36.6 Å². The maximum absolute atomic E-state index is 6.08. The molecule has 1 aromatic rings. The van der Waals surface area contributed by atoms with Crippen LogP contribution in [0.3, 0.4) is 0 Å². The lowest BCUT2D eigenvalue weighted by Gasteiger charge is -2.31. The van der Waals surface area contributed by atoms with E-state index in [0.29, 0.717) is 12.5 Å². The van der Waals surface area contributed by atoms with E-state index in [1.54, 1.807) is 0 Å². The van der Waals surface area contributed by atoms with Gasteiger partial charge in [0.2, 0.25) is 0 Å². The van der Waals surface area contributed by atoms with E-state index in [-0.39, 0.29) is 30.1 Å². The highest BCUT2D eigenvalue weighted by atomic mass is 127. The molecule has 1 saturated heterocycles. The van der Waals surface area contributed by atoms with Gasteiger partial charge in [0.25, 0.3) is 0 Å². The molecule has 2 N–H and O–H groups in total. The molecule has 0 saturated carbocycles. The molecule has 22 heavy (non-hydrogen) atoms. The van der Waals surface area contributed by atoms with E-state index in [1.807, 2.05) is 19.1 Å². The Bertz CT molecular complexity index is 467. The van der Waals surface area contributed by atoms with Crippen molar-refractivity contribution in [3.05, 3.63) is 29.8 Å². The third-order valence-corrected chi connectivity index (χ3v) is 3.98. The molecule has 1 aromatic carbocycles. The maximum Gasteiger partial charge on any atom is 0.191 e. The zero-order chi connectivity index (χ0) is 15.2. The summed E-state index contributed by atoms with van der Waals surface area (Å²) in [4.78, 5) is 6.66. The number of aryl methyl sites for hydroxylation is 1. The fourth-order valence-corrected chi connectivity index (χ4v) is 2.45. The minimum absolute atomic E-state index is 0. The van der Waals surface area contributed by atoms with Gasteiger partial charge in [-0.1, -0.05) is 24.6 Å². The molecule has 0 bridgehead atoms. The first-order valence-corrected chi connectivity index (χ1v) is 7.83. The molecular weight excluding hydrogens is 389 g/mol. The van der Waals surface area contributed by atoms with E-state index in [0.717, 1.165) is 24.8 Å². The number of nitrogens with zero attached hydrogens (tertiary/aromatic N) is 2. The molecule has 1 atom stereocenters. The molecule has 0 aliphatic carbocycles. The van der Waals surface area contributed by atoms with Gasteiger partial charge in [0, 0.05) is 13.1 Å². The zero-order valence-electron chi connectivity index (χ0n) is 13.8. The molecule has 1 aliphatic rings. The maximum atomic E-state index is 6.08. The molecule has 1 fully saturated rings. The van der Waals surface area contributed by atoms with Crippen molar-refractivity contribution in [1.82, 2.24) is 4.90 Å². The van der Waals surface area contributed by atoms with Crippen molar-refractivity contribution in [2.24, 2.45) is 16.6 Å². The Hall–Kier alpha value is -0.980. The van der Waals surface area contributed by atoms with Crippen molar-refractivity contribution in [2.45, 2.75) is 39.7 Å². The largest absolute Gasteiger partial charge is 0.489 e. The number of halogens is 1. The molecule has 0 spiro atoms. The molecule has 2 rings (SSSR count). The van der Waals surface area contributed by atoms with Crippen molar-refractivity contribution in [3.8, 4) is 5.75 Å². The Morgan fingerprint density at radius 2 is 1.91 bits per heavy atom. The van der Waals surface area contributed by atoms with E-state index in [1.165, 1.54) is 18.4 Å². The van der Waals surface area contributed by atoms with Crippen LogP contribution < -0.4 is 10.5 Å². The summed E-state index contributed by atoms with van der Waals surface area (Å²) in [5.41, 5.74) is 7.31. The number of guanidine groups is 1. The molecule has 0 radical (unpaired) electrons. The Kier molecular flexibility index (Phi) is 8.00. The number of benzene rings is 1. The third kappa shape index (κ3) is 6.02. The van der Waals surface area contributed by atoms with Gasteiger partial charge in [-0.25, -0.2) is 4.99 Å². The predicted octanol–water partition coefficient (Wildman–Crippen LogP) is 3.43. The van der Waals surface area contributed by atoms with Crippen LogP contribution in [-0.2, 0) is 0 Å². The lowest BCUT2D eigenvalue weighted by molar-refractivity contribution is 0.228. The van der Waals surface area contributed by atoms with Crippen LogP contribution in [0.4, 0.5) is 0 Å². The fourth-order valence-electron chi connectivity index (χ4n) is 2.45. The lowest BCUT2D eigenvalue weighted by Crippen LogP contribution is -2.43. The van der Waals surface area contributed by atoms with Crippen molar-refractivity contribution in [3.63, 3.8) is 0 Å². The van der Waals surface area contributed by atoms with Crippen molar-refractivity contribution >= 4 is 29.9 Å². The Labute approximate surface area is 151 Å². The summed E-state index contributed by atoms with van der Waals surface area (Å²) in [6.45, 7) is 9.01. The van der Waals surface area contributed by atoms with Gasteiger partial charge in [0.1, 0.15) is 11.9 Å². The summed E-state index contributed by atoms with van der Waals surface area (Å²) in [6, 6.07) is 8.08. The normalized spacial score (nSPS) is 17.8. The van der Waals surface area contributed by atoms with E-state index in [9.17, 15) is 0 Å². The van der Waals surface area contributed by atoms with Gasteiger partial charge >= 0.3 is 0 Å². The van der Waals surface area contributed by atoms with Crippen molar-refractivity contribution in [2.75, 3.05) is 19.6 Å². The van der Waals surface area contributed by atoms with Crippen LogP contribution in [0.5, 0.6) is 5.75 Å². The Balaban J connectivity index is 0.00000242. The van der Waals surface area contributed by atoms with Crippen molar-refractivity contribution < 1.29 is 4.74 Å². The molecular formula is C17H28IN3O. The van der Waals surface area contributed by atoms with Gasteiger partial charge < -0.3 is 15.4 Å². The topological polar surface area (TPSA) is 50.9 Å². The smallest absolute Gasteiger partial charge is 0.191 e. The van der Waals surface area contributed by atoms with Crippen LogP contribution >= 0.6 is 24.0 Å². The Morgan fingerprint density at radius 3 is 2.50 bits per heavy atom. The fraction of sp³-hybridized carbons (Fsp3) is 0.588. The van der Waals surface area contributed by atoms with Gasteiger partial charge in [-0.15, -0.1) is 24.0 Å². The van der Waals surface area contributed by atoms with E-state index < -0.39 is 0 Å².